The van der Waals surface area contributed by atoms with Crippen molar-refractivity contribution in [3.63, 3.8) is 0 Å². The van der Waals surface area contributed by atoms with Crippen LogP contribution < -0.4 is 0 Å². The Morgan fingerprint density at radius 2 is 2.23 bits per heavy atom. The molecule has 1 aromatic rings. The van der Waals surface area contributed by atoms with Gasteiger partial charge in [0.1, 0.15) is 5.03 Å². The van der Waals surface area contributed by atoms with E-state index in [4.69, 9.17) is 0 Å². The standard InChI is InChI=1S/C10H14BrNS/c1-7(2)6-13-10-9(11)8(3)4-5-12-10/h4-5,7H,6H2,1-3H3. The molecule has 0 amide bonds. The molecule has 0 unspecified atom stereocenters. The lowest BCUT2D eigenvalue weighted by molar-refractivity contribution is 0.749. The van der Waals surface area contributed by atoms with Gasteiger partial charge in [0, 0.05) is 11.9 Å². The summed E-state index contributed by atoms with van der Waals surface area (Å²) in [6.45, 7) is 6.53. The Morgan fingerprint density at radius 1 is 1.54 bits per heavy atom. The van der Waals surface area contributed by atoms with Crippen LogP contribution in [0.4, 0.5) is 0 Å². The van der Waals surface area contributed by atoms with Gasteiger partial charge in [0.15, 0.2) is 0 Å². The average Bonchev–Trinajstić information content (AvgIpc) is 2.07. The molecule has 1 heterocycles. The zero-order valence-electron chi connectivity index (χ0n) is 8.17. The number of halogens is 1. The summed E-state index contributed by atoms with van der Waals surface area (Å²) < 4.78 is 1.14. The highest BCUT2D eigenvalue weighted by molar-refractivity contribution is 9.10. The predicted octanol–water partition coefficient (Wildman–Crippen LogP) is 3.90. The summed E-state index contributed by atoms with van der Waals surface area (Å²) in [5.74, 6) is 1.83. The van der Waals surface area contributed by atoms with Crippen molar-refractivity contribution in [3.05, 3.63) is 22.3 Å². The zero-order chi connectivity index (χ0) is 9.84. The number of hydrogen-bond donors (Lipinski definition) is 0. The Bertz CT molecular complexity index is 286. The van der Waals surface area contributed by atoms with Gasteiger partial charge in [-0.25, -0.2) is 4.98 Å². The number of rotatable bonds is 3. The molecule has 0 fully saturated rings. The first kappa shape index (κ1) is 11.1. The first-order valence-corrected chi connectivity index (χ1v) is 6.13. The fraction of sp³-hybridized carbons (Fsp3) is 0.500. The molecule has 1 nitrogen and oxygen atoms in total. The first-order valence-electron chi connectivity index (χ1n) is 4.35. The maximum Gasteiger partial charge on any atom is 0.110 e. The van der Waals surface area contributed by atoms with Gasteiger partial charge < -0.3 is 0 Å². The van der Waals surface area contributed by atoms with Gasteiger partial charge in [0.05, 0.1) is 4.47 Å². The van der Waals surface area contributed by atoms with E-state index in [-0.39, 0.29) is 0 Å². The quantitative estimate of drug-likeness (QED) is 0.764. The molecule has 0 spiro atoms. The lowest BCUT2D eigenvalue weighted by Gasteiger charge is -2.06. The molecule has 0 N–H and O–H groups in total. The second kappa shape index (κ2) is 5.01. The van der Waals surface area contributed by atoms with E-state index in [1.165, 1.54) is 5.56 Å². The maximum absolute atomic E-state index is 4.33. The SMILES string of the molecule is Cc1ccnc(SCC(C)C)c1Br. The Labute approximate surface area is 92.5 Å². The van der Waals surface area contributed by atoms with Crippen LogP contribution >= 0.6 is 27.7 Å². The van der Waals surface area contributed by atoms with Gasteiger partial charge in [-0.05, 0) is 40.4 Å². The van der Waals surface area contributed by atoms with Gasteiger partial charge in [-0.2, -0.15) is 0 Å². The number of thioether (sulfide) groups is 1. The van der Waals surface area contributed by atoms with Crippen LogP contribution in [0.3, 0.4) is 0 Å². The fourth-order valence-electron chi connectivity index (χ4n) is 0.862. The molecule has 3 heteroatoms. The van der Waals surface area contributed by atoms with E-state index >= 15 is 0 Å². The van der Waals surface area contributed by atoms with Crippen LogP contribution in [-0.2, 0) is 0 Å². The summed E-state index contributed by atoms with van der Waals surface area (Å²) >= 11 is 5.36. The molecule has 0 radical (unpaired) electrons. The molecular formula is C10H14BrNS. The summed E-state index contributed by atoms with van der Waals surface area (Å²) in [5.41, 5.74) is 1.25. The van der Waals surface area contributed by atoms with Crippen LogP contribution in [0.5, 0.6) is 0 Å². The molecule has 0 bridgehead atoms. The van der Waals surface area contributed by atoms with E-state index in [2.05, 4.69) is 41.7 Å². The number of pyridine rings is 1. The van der Waals surface area contributed by atoms with Crippen LogP contribution in [0.2, 0.25) is 0 Å². The van der Waals surface area contributed by atoms with Crippen molar-refractivity contribution in [2.24, 2.45) is 5.92 Å². The lowest BCUT2D eigenvalue weighted by atomic mass is 10.3. The van der Waals surface area contributed by atoms with Crippen molar-refractivity contribution >= 4 is 27.7 Å². The highest BCUT2D eigenvalue weighted by Crippen LogP contribution is 2.28. The van der Waals surface area contributed by atoms with E-state index in [9.17, 15) is 0 Å². The Morgan fingerprint density at radius 3 is 2.85 bits per heavy atom. The Hall–Kier alpha value is -0.0200. The minimum Gasteiger partial charge on any atom is -0.249 e. The van der Waals surface area contributed by atoms with Crippen LogP contribution in [-0.4, -0.2) is 10.7 Å². The molecular weight excluding hydrogens is 246 g/mol. The number of hydrogen-bond acceptors (Lipinski definition) is 2. The summed E-state index contributed by atoms with van der Waals surface area (Å²) in [7, 11) is 0. The number of nitrogens with zero attached hydrogens (tertiary/aromatic N) is 1. The van der Waals surface area contributed by atoms with Crippen molar-refractivity contribution in [1.82, 2.24) is 4.98 Å². The molecule has 0 aliphatic heterocycles. The summed E-state index contributed by atoms with van der Waals surface area (Å²) in [4.78, 5) is 4.33. The van der Waals surface area contributed by atoms with Gasteiger partial charge in [-0.1, -0.05) is 13.8 Å². The van der Waals surface area contributed by atoms with Crippen molar-refractivity contribution < 1.29 is 0 Å². The van der Waals surface area contributed by atoms with Crippen LogP contribution in [0.25, 0.3) is 0 Å². The smallest absolute Gasteiger partial charge is 0.110 e. The molecule has 72 valence electrons. The second-order valence-electron chi connectivity index (χ2n) is 3.45. The van der Waals surface area contributed by atoms with Crippen molar-refractivity contribution in [2.75, 3.05) is 5.75 Å². The van der Waals surface area contributed by atoms with E-state index < -0.39 is 0 Å². The molecule has 0 aliphatic carbocycles. The summed E-state index contributed by atoms with van der Waals surface area (Å²) in [6.07, 6.45) is 1.86. The molecule has 1 rings (SSSR count). The zero-order valence-corrected chi connectivity index (χ0v) is 10.6. The van der Waals surface area contributed by atoms with Gasteiger partial charge >= 0.3 is 0 Å². The van der Waals surface area contributed by atoms with Gasteiger partial charge in [0.2, 0.25) is 0 Å². The van der Waals surface area contributed by atoms with E-state index in [1.54, 1.807) is 0 Å². The first-order chi connectivity index (χ1) is 6.11. The van der Waals surface area contributed by atoms with Crippen molar-refractivity contribution in [1.29, 1.82) is 0 Å². The predicted molar refractivity (Wildman–Crippen MR) is 62.2 cm³/mol. The highest BCUT2D eigenvalue weighted by Gasteiger charge is 2.05. The molecule has 0 saturated heterocycles. The fourth-order valence-corrected chi connectivity index (χ4v) is 2.35. The van der Waals surface area contributed by atoms with Gasteiger partial charge in [-0.3, -0.25) is 0 Å². The highest BCUT2D eigenvalue weighted by atomic mass is 79.9. The monoisotopic (exact) mass is 259 g/mol. The third-order valence-corrected chi connectivity index (χ3v) is 4.28. The van der Waals surface area contributed by atoms with Crippen LogP contribution in [0.1, 0.15) is 19.4 Å². The minimum atomic E-state index is 0.708. The van der Waals surface area contributed by atoms with Crippen molar-refractivity contribution in [3.8, 4) is 0 Å². The number of aryl methyl sites for hydroxylation is 1. The van der Waals surface area contributed by atoms with Gasteiger partial charge in [0.25, 0.3) is 0 Å². The van der Waals surface area contributed by atoms with E-state index in [1.807, 2.05) is 24.0 Å². The molecule has 0 aliphatic rings. The molecule has 0 saturated carbocycles. The molecule has 1 aromatic heterocycles. The maximum atomic E-state index is 4.33. The number of aromatic nitrogens is 1. The molecule has 0 aromatic carbocycles. The second-order valence-corrected chi connectivity index (χ2v) is 5.25. The summed E-state index contributed by atoms with van der Waals surface area (Å²) in [5, 5.41) is 1.11. The van der Waals surface area contributed by atoms with Crippen LogP contribution in [0.15, 0.2) is 21.8 Å². The third-order valence-electron chi connectivity index (χ3n) is 1.60. The van der Waals surface area contributed by atoms with Crippen molar-refractivity contribution in [2.45, 2.75) is 25.8 Å². The topological polar surface area (TPSA) is 12.9 Å². The Balaban J connectivity index is 2.71. The van der Waals surface area contributed by atoms with E-state index in [0.717, 1.165) is 15.3 Å². The minimum absolute atomic E-state index is 0.708. The normalized spacial score (nSPS) is 10.8. The molecule has 13 heavy (non-hydrogen) atoms. The Kier molecular flexibility index (Phi) is 4.26. The van der Waals surface area contributed by atoms with Crippen LogP contribution in [0, 0.1) is 12.8 Å². The molecule has 0 atom stereocenters. The summed E-state index contributed by atoms with van der Waals surface area (Å²) in [6, 6.07) is 2.02. The van der Waals surface area contributed by atoms with E-state index in [0.29, 0.717) is 5.92 Å². The largest absolute Gasteiger partial charge is 0.249 e. The average molecular weight is 260 g/mol. The van der Waals surface area contributed by atoms with Gasteiger partial charge in [-0.15, -0.1) is 11.8 Å². The lowest BCUT2D eigenvalue weighted by Crippen LogP contribution is -1.92. The third kappa shape index (κ3) is 3.31.